The molecular formula is C83H162O17P2. The molecule has 0 spiro atoms. The quantitative estimate of drug-likeness (QED) is 0.0222. The standard InChI is InChI=1S/C83H162O17P2/c1-9-74(6)60-52-44-36-30-24-18-12-14-20-26-32-38-47-55-63-80(85)93-69-78(99-82(87)65-57-49-39-33-27-21-15-13-19-25-31-37-45-53-61-75(7)10-2)71-97-101(89,90)95-67-77(84)68-96-102(91,92)98-72-79(70-94-81(86)64-56-48-42-41-46-54-62-76(8)11-3)100-83(88)66-58-50-40-34-28-22-16-17-23-29-35-43-51-59-73(4)5/h73-79,84H,9-72H2,1-8H3,(H,89,90)(H,91,92)/t74?,75?,76?,77-,78-,79-/m1/s1. The zero-order chi connectivity index (χ0) is 75.3. The zero-order valence-electron chi connectivity index (χ0n) is 67.2. The van der Waals surface area contributed by atoms with E-state index in [1.807, 2.05) is 0 Å². The molecule has 0 amide bonds. The Morgan fingerprint density at radius 2 is 0.471 bits per heavy atom. The minimum Gasteiger partial charge on any atom is -0.462 e. The van der Waals surface area contributed by atoms with Crippen LogP contribution in [0.5, 0.6) is 0 Å². The second-order valence-corrected chi connectivity index (χ2v) is 34.0. The molecule has 0 aromatic heterocycles. The van der Waals surface area contributed by atoms with Gasteiger partial charge in [0.2, 0.25) is 0 Å². The highest BCUT2D eigenvalue weighted by molar-refractivity contribution is 7.47. The maximum atomic E-state index is 13.1. The van der Waals surface area contributed by atoms with Gasteiger partial charge in [0.05, 0.1) is 26.4 Å². The van der Waals surface area contributed by atoms with Crippen LogP contribution in [0.3, 0.4) is 0 Å². The van der Waals surface area contributed by atoms with Crippen LogP contribution >= 0.6 is 15.6 Å². The van der Waals surface area contributed by atoms with E-state index >= 15 is 0 Å². The Kier molecular flexibility index (Phi) is 70.6. The third-order valence-corrected chi connectivity index (χ3v) is 22.3. The van der Waals surface area contributed by atoms with E-state index in [4.69, 9.17) is 37.0 Å². The summed E-state index contributed by atoms with van der Waals surface area (Å²) in [5.74, 6) is 1.10. The number of phosphoric ester groups is 2. The fourth-order valence-electron chi connectivity index (χ4n) is 12.7. The Morgan fingerprint density at radius 3 is 0.696 bits per heavy atom. The summed E-state index contributed by atoms with van der Waals surface area (Å²) in [6, 6.07) is 0. The van der Waals surface area contributed by atoms with Gasteiger partial charge in [-0.3, -0.25) is 37.3 Å². The Morgan fingerprint density at radius 1 is 0.275 bits per heavy atom. The van der Waals surface area contributed by atoms with Crippen molar-refractivity contribution in [3.63, 3.8) is 0 Å². The predicted molar refractivity (Wildman–Crippen MR) is 418 cm³/mol. The van der Waals surface area contributed by atoms with Gasteiger partial charge in [0, 0.05) is 25.7 Å². The Bertz CT molecular complexity index is 1990. The fraction of sp³-hybridized carbons (Fsp3) is 0.952. The highest BCUT2D eigenvalue weighted by atomic mass is 31.2. The van der Waals surface area contributed by atoms with E-state index in [0.29, 0.717) is 25.7 Å². The molecule has 5 unspecified atom stereocenters. The molecule has 0 rings (SSSR count). The highest BCUT2D eigenvalue weighted by Crippen LogP contribution is 2.45. The van der Waals surface area contributed by atoms with Crippen LogP contribution in [0.25, 0.3) is 0 Å². The van der Waals surface area contributed by atoms with Gasteiger partial charge < -0.3 is 33.8 Å². The van der Waals surface area contributed by atoms with Crippen molar-refractivity contribution in [2.75, 3.05) is 39.6 Å². The minimum atomic E-state index is -4.96. The predicted octanol–water partition coefficient (Wildman–Crippen LogP) is 24.8. The number of carbonyl (C=O) groups is 4. The number of hydrogen-bond acceptors (Lipinski definition) is 15. The van der Waals surface area contributed by atoms with Crippen LogP contribution < -0.4 is 0 Å². The molecule has 0 aliphatic carbocycles. The molecule has 0 aromatic carbocycles. The summed E-state index contributed by atoms with van der Waals surface area (Å²) in [7, 11) is -9.93. The van der Waals surface area contributed by atoms with Crippen molar-refractivity contribution in [1.82, 2.24) is 0 Å². The van der Waals surface area contributed by atoms with E-state index in [1.54, 1.807) is 0 Å². The van der Waals surface area contributed by atoms with E-state index in [1.165, 1.54) is 225 Å². The normalized spacial score (nSPS) is 14.8. The van der Waals surface area contributed by atoms with Gasteiger partial charge in [0.1, 0.15) is 19.3 Å². The molecule has 0 saturated heterocycles. The van der Waals surface area contributed by atoms with Crippen LogP contribution in [-0.4, -0.2) is 96.7 Å². The molecular weight excluding hydrogens is 1330 g/mol. The smallest absolute Gasteiger partial charge is 0.462 e. The van der Waals surface area contributed by atoms with Crippen LogP contribution in [0.4, 0.5) is 0 Å². The summed E-state index contributed by atoms with van der Waals surface area (Å²) in [6.45, 7) is 14.3. The first-order valence-corrected chi connectivity index (χ1v) is 45.8. The van der Waals surface area contributed by atoms with Crippen molar-refractivity contribution in [3.8, 4) is 0 Å². The van der Waals surface area contributed by atoms with Gasteiger partial charge in [0.15, 0.2) is 12.2 Å². The largest absolute Gasteiger partial charge is 0.472 e. The first-order chi connectivity index (χ1) is 49.2. The third-order valence-electron chi connectivity index (χ3n) is 20.4. The SMILES string of the molecule is CCC(C)CCCCCCCCCCCCCCCCC(=O)OC[C@H](COP(=O)(O)OC[C@@H](O)COP(=O)(O)OC[C@@H](COC(=O)CCCCCCCCC(C)CC)OC(=O)CCCCCCCCCCCCCCCC(C)C)OC(=O)CCCCCCCCCCCCCCCCC(C)CC. The number of aliphatic hydroxyl groups is 1. The Balaban J connectivity index is 5.26. The number of hydrogen-bond donors (Lipinski definition) is 3. The van der Waals surface area contributed by atoms with Crippen LogP contribution in [0.1, 0.15) is 428 Å². The second kappa shape index (κ2) is 72.0. The monoisotopic (exact) mass is 1490 g/mol. The van der Waals surface area contributed by atoms with Gasteiger partial charge in [-0.05, 0) is 49.4 Å². The number of aliphatic hydroxyl groups excluding tert-OH is 1. The summed E-state index contributed by atoms with van der Waals surface area (Å²) < 4.78 is 68.8. The average Bonchev–Trinajstić information content (AvgIpc) is 1.05. The molecule has 102 heavy (non-hydrogen) atoms. The lowest BCUT2D eigenvalue weighted by Gasteiger charge is -2.21. The minimum absolute atomic E-state index is 0.106. The Labute approximate surface area is 626 Å². The second-order valence-electron chi connectivity index (χ2n) is 31.1. The number of carbonyl (C=O) groups excluding carboxylic acids is 4. The molecule has 606 valence electrons. The number of esters is 4. The first-order valence-electron chi connectivity index (χ1n) is 42.8. The van der Waals surface area contributed by atoms with Crippen molar-refractivity contribution in [2.45, 2.75) is 446 Å². The maximum Gasteiger partial charge on any atom is 0.472 e. The van der Waals surface area contributed by atoms with Gasteiger partial charge >= 0.3 is 39.5 Å². The molecule has 0 saturated carbocycles. The molecule has 0 fully saturated rings. The van der Waals surface area contributed by atoms with Gasteiger partial charge in [0.25, 0.3) is 0 Å². The highest BCUT2D eigenvalue weighted by Gasteiger charge is 2.30. The van der Waals surface area contributed by atoms with Crippen LogP contribution in [0.15, 0.2) is 0 Å². The van der Waals surface area contributed by atoms with Gasteiger partial charge in [-0.1, -0.05) is 376 Å². The lowest BCUT2D eigenvalue weighted by molar-refractivity contribution is -0.161. The molecule has 0 aliphatic rings. The van der Waals surface area contributed by atoms with Crippen LogP contribution in [0.2, 0.25) is 0 Å². The van der Waals surface area contributed by atoms with E-state index in [9.17, 15) is 43.2 Å². The van der Waals surface area contributed by atoms with Gasteiger partial charge in [-0.15, -0.1) is 0 Å². The third kappa shape index (κ3) is 72.3. The number of unbranched alkanes of at least 4 members (excludes halogenated alkanes) is 43. The maximum absolute atomic E-state index is 13.1. The zero-order valence-corrected chi connectivity index (χ0v) is 69.0. The van der Waals surface area contributed by atoms with Crippen molar-refractivity contribution in [2.24, 2.45) is 23.7 Å². The van der Waals surface area contributed by atoms with Gasteiger partial charge in [-0.25, -0.2) is 9.13 Å². The van der Waals surface area contributed by atoms with E-state index in [2.05, 4.69) is 55.4 Å². The number of phosphoric acid groups is 2. The van der Waals surface area contributed by atoms with Crippen LogP contribution in [0, 0.1) is 23.7 Å². The summed E-state index contributed by atoms with van der Waals surface area (Å²) in [6.07, 6.45) is 59.5. The topological polar surface area (TPSA) is 237 Å². The summed E-state index contributed by atoms with van der Waals surface area (Å²) in [5, 5.41) is 10.7. The van der Waals surface area contributed by atoms with Crippen molar-refractivity contribution in [1.29, 1.82) is 0 Å². The van der Waals surface area contributed by atoms with E-state index < -0.39 is 97.5 Å². The van der Waals surface area contributed by atoms with Gasteiger partial charge in [-0.2, -0.15) is 0 Å². The summed E-state index contributed by atoms with van der Waals surface area (Å²) >= 11 is 0. The molecule has 0 bridgehead atoms. The first kappa shape index (κ1) is 100. The van der Waals surface area contributed by atoms with Crippen molar-refractivity contribution in [3.05, 3.63) is 0 Å². The lowest BCUT2D eigenvalue weighted by atomic mass is 9.99. The molecule has 0 radical (unpaired) electrons. The van der Waals surface area contributed by atoms with E-state index in [0.717, 1.165) is 120 Å². The van der Waals surface area contributed by atoms with Crippen LogP contribution in [-0.2, 0) is 65.4 Å². The summed E-state index contributed by atoms with van der Waals surface area (Å²) in [4.78, 5) is 73.1. The number of ether oxygens (including phenoxy) is 4. The average molecular weight is 1490 g/mol. The molecule has 19 heteroatoms. The molecule has 17 nitrogen and oxygen atoms in total. The molecule has 3 N–H and O–H groups in total. The number of rotatable bonds is 80. The summed E-state index contributed by atoms with van der Waals surface area (Å²) in [5.41, 5.74) is 0. The molecule has 0 heterocycles. The lowest BCUT2D eigenvalue weighted by Crippen LogP contribution is -2.30. The Hall–Kier alpha value is -1.94. The molecule has 0 aromatic rings. The molecule has 8 atom stereocenters. The van der Waals surface area contributed by atoms with Crippen molar-refractivity contribution < 1.29 is 80.2 Å². The fourth-order valence-corrected chi connectivity index (χ4v) is 14.3. The van der Waals surface area contributed by atoms with E-state index in [-0.39, 0.29) is 25.7 Å². The van der Waals surface area contributed by atoms with Crippen molar-refractivity contribution >= 4 is 39.5 Å². The molecule has 0 aliphatic heterocycles.